The largest absolute Gasteiger partial charge is 0.439 e. The number of aryl methyl sites for hydroxylation is 1. The highest BCUT2D eigenvalue weighted by Gasteiger charge is 2.18. The topological polar surface area (TPSA) is 38.3 Å². The fourth-order valence-electron chi connectivity index (χ4n) is 1.06. The van der Waals surface area contributed by atoms with Gasteiger partial charge < -0.3 is 4.74 Å². The summed E-state index contributed by atoms with van der Waals surface area (Å²) in [5.74, 6) is 0. The maximum atomic E-state index is 11.5. The SMILES string of the molecule is C=CC(C)(C)OC(=O)Nc1ccc(C)cc1. The van der Waals surface area contributed by atoms with Crippen LogP contribution in [0.15, 0.2) is 36.9 Å². The Morgan fingerprint density at radius 1 is 1.38 bits per heavy atom. The predicted molar refractivity (Wildman–Crippen MR) is 65.6 cm³/mol. The van der Waals surface area contributed by atoms with Crippen LogP contribution in [0.1, 0.15) is 19.4 Å². The molecule has 1 aromatic rings. The average Bonchev–Trinajstić information content (AvgIpc) is 2.21. The van der Waals surface area contributed by atoms with E-state index in [4.69, 9.17) is 4.74 Å². The molecule has 0 saturated carbocycles. The number of carbonyl (C=O) groups excluding carboxylic acids is 1. The van der Waals surface area contributed by atoms with Gasteiger partial charge in [-0.15, -0.1) is 0 Å². The fraction of sp³-hybridized carbons (Fsp3) is 0.308. The van der Waals surface area contributed by atoms with Gasteiger partial charge >= 0.3 is 6.09 Å². The highest BCUT2D eigenvalue weighted by molar-refractivity contribution is 5.84. The van der Waals surface area contributed by atoms with E-state index in [2.05, 4.69) is 11.9 Å². The summed E-state index contributed by atoms with van der Waals surface area (Å²) in [6.07, 6.45) is 1.11. The summed E-state index contributed by atoms with van der Waals surface area (Å²) in [5.41, 5.74) is 1.20. The molecule has 0 aliphatic rings. The summed E-state index contributed by atoms with van der Waals surface area (Å²) < 4.78 is 5.15. The standard InChI is InChI=1S/C13H17NO2/c1-5-13(3,4)16-12(15)14-11-8-6-10(2)7-9-11/h5-9H,1H2,2-4H3,(H,14,15). The van der Waals surface area contributed by atoms with Gasteiger partial charge in [0, 0.05) is 5.69 Å². The molecule has 1 rings (SSSR count). The van der Waals surface area contributed by atoms with E-state index in [0.29, 0.717) is 0 Å². The third kappa shape index (κ3) is 3.77. The molecular weight excluding hydrogens is 202 g/mol. The highest BCUT2D eigenvalue weighted by atomic mass is 16.6. The number of nitrogens with one attached hydrogen (secondary N) is 1. The van der Waals surface area contributed by atoms with Crippen LogP contribution in [0.5, 0.6) is 0 Å². The van der Waals surface area contributed by atoms with Gasteiger partial charge in [0.25, 0.3) is 0 Å². The van der Waals surface area contributed by atoms with Gasteiger partial charge in [-0.3, -0.25) is 5.32 Å². The first kappa shape index (κ1) is 12.3. The van der Waals surface area contributed by atoms with Crippen molar-refractivity contribution in [3.05, 3.63) is 42.5 Å². The van der Waals surface area contributed by atoms with E-state index in [1.54, 1.807) is 19.9 Å². The van der Waals surface area contributed by atoms with E-state index in [0.717, 1.165) is 11.3 Å². The predicted octanol–water partition coefficient (Wildman–Crippen LogP) is 3.51. The maximum absolute atomic E-state index is 11.5. The molecule has 0 fully saturated rings. The molecule has 0 aliphatic heterocycles. The van der Waals surface area contributed by atoms with Crippen molar-refractivity contribution in [1.29, 1.82) is 0 Å². The first-order valence-electron chi connectivity index (χ1n) is 5.13. The summed E-state index contributed by atoms with van der Waals surface area (Å²) in [6, 6.07) is 7.51. The van der Waals surface area contributed by atoms with E-state index in [1.165, 1.54) is 0 Å². The van der Waals surface area contributed by atoms with Gasteiger partial charge in [0.1, 0.15) is 5.60 Å². The van der Waals surface area contributed by atoms with Crippen molar-refractivity contribution in [2.45, 2.75) is 26.4 Å². The molecule has 0 radical (unpaired) electrons. The molecule has 16 heavy (non-hydrogen) atoms. The van der Waals surface area contributed by atoms with Crippen LogP contribution in [0.25, 0.3) is 0 Å². The summed E-state index contributed by atoms with van der Waals surface area (Å²) in [5, 5.41) is 2.65. The van der Waals surface area contributed by atoms with Crippen LogP contribution in [0.3, 0.4) is 0 Å². The molecule has 0 heterocycles. The lowest BCUT2D eigenvalue weighted by Crippen LogP contribution is -2.28. The number of hydrogen-bond donors (Lipinski definition) is 1. The Hall–Kier alpha value is -1.77. The Kier molecular flexibility index (Phi) is 3.72. The molecule has 0 saturated heterocycles. The average molecular weight is 219 g/mol. The van der Waals surface area contributed by atoms with Crippen molar-refractivity contribution < 1.29 is 9.53 Å². The second-order valence-corrected chi connectivity index (χ2v) is 4.19. The Balaban J connectivity index is 2.58. The number of ether oxygens (including phenoxy) is 1. The molecule has 0 aromatic heterocycles. The van der Waals surface area contributed by atoms with Crippen LogP contribution >= 0.6 is 0 Å². The molecule has 86 valence electrons. The molecule has 3 nitrogen and oxygen atoms in total. The summed E-state index contributed by atoms with van der Waals surface area (Å²) >= 11 is 0. The van der Waals surface area contributed by atoms with Crippen molar-refractivity contribution in [3.63, 3.8) is 0 Å². The van der Waals surface area contributed by atoms with Gasteiger partial charge in [0.05, 0.1) is 0 Å². The molecule has 1 amide bonds. The van der Waals surface area contributed by atoms with E-state index in [1.807, 2.05) is 31.2 Å². The lowest BCUT2D eigenvalue weighted by molar-refractivity contribution is 0.0843. The summed E-state index contributed by atoms with van der Waals surface area (Å²) in [4.78, 5) is 11.5. The highest BCUT2D eigenvalue weighted by Crippen LogP contribution is 2.13. The number of anilines is 1. The minimum Gasteiger partial charge on any atom is -0.439 e. The van der Waals surface area contributed by atoms with Crippen molar-refractivity contribution in [1.82, 2.24) is 0 Å². The van der Waals surface area contributed by atoms with E-state index < -0.39 is 11.7 Å². The van der Waals surface area contributed by atoms with Crippen molar-refractivity contribution in [2.75, 3.05) is 5.32 Å². The molecule has 0 bridgehead atoms. The number of rotatable bonds is 3. The Bertz CT molecular complexity index is 379. The Morgan fingerprint density at radius 3 is 2.44 bits per heavy atom. The Morgan fingerprint density at radius 2 is 1.94 bits per heavy atom. The number of benzene rings is 1. The zero-order chi connectivity index (χ0) is 12.2. The second kappa shape index (κ2) is 4.84. The first-order valence-corrected chi connectivity index (χ1v) is 5.13. The lowest BCUT2D eigenvalue weighted by atomic mass is 10.1. The van der Waals surface area contributed by atoms with Crippen LogP contribution in [0.2, 0.25) is 0 Å². The number of hydrogen-bond acceptors (Lipinski definition) is 2. The van der Waals surface area contributed by atoms with Crippen LogP contribution in [0, 0.1) is 6.92 Å². The molecule has 1 N–H and O–H groups in total. The van der Waals surface area contributed by atoms with Gasteiger partial charge in [0.15, 0.2) is 0 Å². The minimum absolute atomic E-state index is 0.478. The normalized spacial score (nSPS) is 10.7. The van der Waals surface area contributed by atoms with E-state index >= 15 is 0 Å². The molecule has 0 spiro atoms. The summed E-state index contributed by atoms with van der Waals surface area (Å²) in [6.45, 7) is 9.13. The van der Waals surface area contributed by atoms with Crippen LogP contribution in [-0.2, 0) is 4.74 Å². The van der Waals surface area contributed by atoms with Crippen LogP contribution in [-0.4, -0.2) is 11.7 Å². The minimum atomic E-state index is -0.658. The van der Waals surface area contributed by atoms with Gasteiger partial charge in [-0.1, -0.05) is 24.3 Å². The molecular formula is C13H17NO2. The van der Waals surface area contributed by atoms with Gasteiger partial charge in [-0.05, 0) is 39.0 Å². The van der Waals surface area contributed by atoms with Crippen molar-refractivity contribution in [3.8, 4) is 0 Å². The van der Waals surface area contributed by atoms with Crippen LogP contribution in [0.4, 0.5) is 10.5 Å². The fourth-order valence-corrected chi connectivity index (χ4v) is 1.06. The lowest BCUT2D eigenvalue weighted by Gasteiger charge is -2.20. The van der Waals surface area contributed by atoms with E-state index in [9.17, 15) is 4.79 Å². The Labute approximate surface area is 96.1 Å². The van der Waals surface area contributed by atoms with E-state index in [-0.39, 0.29) is 0 Å². The molecule has 0 aliphatic carbocycles. The third-order valence-electron chi connectivity index (χ3n) is 2.15. The van der Waals surface area contributed by atoms with Crippen LogP contribution < -0.4 is 5.32 Å². The second-order valence-electron chi connectivity index (χ2n) is 4.19. The number of amides is 1. The molecule has 0 unspecified atom stereocenters. The third-order valence-corrected chi connectivity index (χ3v) is 2.15. The van der Waals surface area contributed by atoms with Gasteiger partial charge in [-0.25, -0.2) is 4.79 Å². The summed E-state index contributed by atoms with van der Waals surface area (Å²) in [7, 11) is 0. The quantitative estimate of drug-likeness (QED) is 0.790. The maximum Gasteiger partial charge on any atom is 0.412 e. The smallest absolute Gasteiger partial charge is 0.412 e. The van der Waals surface area contributed by atoms with Crippen molar-refractivity contribution >= 4 is 11.8 Å². The number of carbonyl (C=O) groups is 1. The molecule has 3 heteroatoms. The van der Waals surface area contributed by atoms with Gasteiger partial charge in [-0.2, -0.15) is 0 Å². The molecule has 1 aromatic carbocycles. The van der Waals surface area contributed by atoms with Gasteiger partial charge in [0.2, 0.25) is 0 Å². The molecule has 0 atom stereocenters. The van der Waals surface area contributed by atoms with Crippen molar-refractivity contribution in [2.24, 2.45) is 0 Å². The first-order chi connectivity index (χ1) is 7.43. The zero-order valence-corrected chi connectivity index (χ0v) is 9.91. The zero-order valence-electron chi connectivity index (χ0n) is 9.91. The monoisotopic (exact) mass is 219 g/mol.